The zero-order valence-electron chi connectivity index (χ0n) is 11.7. The van der Waals surface area contributed by atoms with Crippen LogP contribution in [0.4, 0.5) is 0 Å². The van der Waals surface area contributed by atoms with Crippen LogP contribution < -0.4 is 5.73 Å². The van der Waals surface area contributed by atoms with Crippen LogP contribution in [0.3, 0.4) is 0 Å². The van der Waals surface area contributed by atoms with Crippen molar-refractivity contribution in [1.29, 1.82) is 0 Å². The number of hydrogen-bond acceptors (Lipinski definition) is 3. The number of nitrogens with two attached hydrogens (primary N) is 1. The molecule has 0 aliphatic carbocycles. The molecule has 0 spiro atoms. The number of rotatable bonds is 6. The summed E-state index contributed by atoms with van der Waals surface area (Å²) in [5.41, 5.74) is 7.31. The molecule has 2 N–H and O–H groups in total. The minimum absolute atomic E-state index is 0.0712. The number of aromatic nitrogens is 2. The van der Waals surface area contributed by atoms with E-state index >= 15 is 0 Å². The highest BCUT2D eigenvalue weighted by atomic mass is 15.2. The molecule has 1 rings (SSSR count). The van der Waals surface area contributed by atoms with E-state index in [-0.39, 0.29) is 6.04 Å². The summed E-state index contributed by atoms with van der Waals surface area (Å²) in [6.45, 7) is 10.7. The van der Waals surface area contributed by atoms with Crippen molar-refractivity contribution in [3.8, 4) is 0 Å². The van der Waals surface area contributed by atoms with E-state index in [0.717, 1.165) is 18.8 Å². The highest BCUT2D eigenvalue weighted by Crippen LogP contribution is 2.18. The molecule has 4 nitrogen and oxygen atoms in total. The molecule has 4 heteroatoms. The lowest BCUT2D eigenvalue weighted by atomic mass is 10.0. The van der Waals surface area contributed by atoms with Gasteiger partial charge in [0.05, 0.1) is 12.0 Å². The van der Waals surface area contributed by atoms with E-state index in [1.165, 1.54) is 0 Å². The molecule has 1 aromatic heterocycles. The Kier molecular flexibility index (Phi) is 5.15. The van der Waals surface area contributed by atoms with Crippen molar-refractivity contribution < 1.29 is 0 Å². The van der Waals surface area contributed by atoms with Crippen molar-refractivity contribution in [3.63, 3.8) is 0 Å². The van der Waals surface area contributed by atoms with Gasteiger partial charge in [-0.2, -0.15) is 0 Å². The maximum Gasteiger partial charge on any atom is 0.0949 e. The quantitative estimate of drug-likeness (QED) is 0.823. The Hall–Kier alpha value is -0.870. The van der Waals surface area contributed by atoms with Gasteiger partial charge in [0.2, 0.25) is 0 Å². The van der Waals surface area contributed by atoms with E-state index in [4.69, 9.17) is 5.73 Å². The van der Waals surface area contributed by atoms with Crippen LogP contribution in [0.2, 0.25) is 0 Å². The van der Waals surface area contributed by atoms with Gasteiger partial charge >= 0.3 is 0 Å². The van der Waals surface area contributed by atoms with Gasteiger partial charge in [0, 0.05) is 31.4 Å². The predicted octanol–water partition coefficient (Wildman–Crippen LogP) is 1.88. The van der Waals surface area contributed by atoms with E-state index in [1.54, 1.807) is 0 Å². The van der Waals surface area contributed by atoms with Crippen molar-refractivity contribution >= 4 is 0 Å². The predicted molar refractivity (Wildman–Crippen MR) is 71.8 cm³/mol. The summed E-state index contributed by atoms with van der Waals surface area (Å²) >= 11 is 0. The monoisotopic (exact) mass is 238 g/mol. The molecule has 0 amide bonds. The fraction of sp³-hybridized carbons (Fsp3) is 0.769. The lowest BCUT2D eigenvalue weighted by molar-refractivity contribution is 0.260. The van der Waals surface area contributed by atoms with Gasteiger partial charge in [-0.15, -0.1) is 0 Å². The van der Waals surface area contributed by atoms with Crippen LogP contribution in [0, 0.1) is 5.92 Å². The Morgan fingerprint density at radius 1 is 1.35 bits per heavy atom. The summed E-state index contributed by atoms with van der Waals surface area (Å²) < 4.78 is 2.17. The molecule has 0 fully saturated rings. The van der Waals surface area contributed by atoms with Crippen molar-refractivity contribution in [2.75, 3.05) is 13.6 Å². The van der Waals surface area contributed by atoms with E-state index in [2.05, 4.69) is 49.2 Å². The molecule has 1 atom stereocenters. The molecule has 98 valence electrons. The van der Waals surface area contributed by atoms with Crippen LogP contribution in [0.25, 0.3) is 0 Å². The Morgan fingerprint density at radius 3 is 2.53 bits per heavy atom. The molecule has 0 aromatic carbocycles. The first-order valence-corrected chi connectivity index (χ1v) is 6.39. The first-order valence-electron chi connectivity index (χ1n) is 6.39. The SMILES string of the molecule is CC(C)C(N)c1cncn1CCN(C)C(C)C. The second-order valence-corrected chi connectivity index (χ2v) is 5.36. The molecular weight excluding hydrogens is 212 g/mol. The van der Waals surface area contributed by atoms with Crippen LogP contribution in [0.1, 0.15) is 39.4 Å². The van der Waals surface area contributed by atoms with Crippen LogP contribution in [-0.4, -0.2) is 34.1 Å². The summed E-state index contributed by atoms with van der Waals surface area (Å²) in [4.78, 5) is 6.54. The smallest absolute Gasteiger partial charge is 0.0949 e. The van der Waals surface area contributed by atoms with E-state index in [9.17, 15) is 0 Å². The summed E-state index contributed by atoms with van der Waals surface area (Å²) in [7, 11) is 2.14. The zero-order chi connectivity index (χ0) is 13.0. The second kappa shape index (κ2) is 6.17. The topological polar surface area (TPSA) is 47.1 Å². The summed E-state index contributed by atoms with van der Waals surface area (Å²) in [5.74, 6) is 0.438. The third-order valence-electron chi connectivity index (χ3n) is 3.38. The van der Waals surface area contributed by atoms with Gasteiger partial charge < -0.3 is 15.2 Å². The number of nitrogens with zero attached hydrogens (tertiary/aromatic N) is 3. The highest BCUT2D eigenvalue weighted by molar-refractivity contribution is 5.05. The van der Waals surface area contributed by atoms with Crippen molar-refractivity contribution in [3.05, 3.63) is 18.2 Å². The summed E-state index contributed by atoms with van der Waals surface area (Å²) in [5, 5.41) is 0. The molecule has 0 saturated heterocycles. The lowest BCUT2D eigenvalue weighted by Crippen LogP contribution is -2.30. The lowest BCUT2D eigenvalue weighted by Gasteiger charge is -2.23. The molecule has 1 heterocycles. The average molecular weight is 238 g/mol. The van der Waals surface area contributed by atoms with Gasteiger partial charge in [0.1, 0.15) is 0 Å². The number of imidazole rings is 1. The second-order valence-electron chi connectivity index (χ2n) is 5.36. The van der Waals surface area contributed by atoms with Gasteiger partial charge in [-0.1, -0.05) is 13.8 Å². The van der Waals surface area contributed by atoms with Crippen LogP contribution in [0.15, 0.2) is 12.5 Å². The minimum atomic E-state index is 0.0712. The Morgan fingerprint density at radius 2 is 2.00 bits per heavy atom. The fourth-order valence-electron chi connectivity index (χ4n) is 1.66. The molecular formula is C13H26N4. The number of likely N-dealkylation sites (N-methyl/N-ethyl adjacent to an activating group) is 1. The molecule has 0 aliphatic rings. The van der Waals surface area contributed by atoms with Crippen LogP contribution in [-0.2, 0) is 6.54 Å². The number of hydrogen-bond donors (Lipinski definition) is 1. The van der Waals surface area contributed by atoms with Crippen LogP contribution in [0.5, 0.6) is 0 Å². The van der Waals surface area contributed by atoms with E-state index in [1.807, 2.05) is 12.5 Å². The maximum absolute atomic E-state index is 6.17. The van der Waals surface area contributed by atoms with Gasteiger partial charge in [-0.3, -0.25) is 0 Å². The van der Waals surface area contributed by atoms with Crippen molar-refractivity contribution in [1.82, 2.24) is 14.5 Å². The summed E-state index contributed by atoms with van der Waals surface area (Å²) in [6.07, 6.45) is 3.77. The average Bonchev–Trinajstić information content (AvgIpc) is 2.72. The minimum Gasteiger partial charge on any atom is -0.332 e. The first kappa shape index (κ1) is 14.2. The maximum atomic E-state index is 6.17. The molecule has 1 aromatic rings. The van der Waals surface area contributed by atoms with E-state index < -0.39 is 0 Å². The van der Waals surface area contributed by atoms with Gasteiger partial charge in [0.25, 0.3) is 0 Å². The summed E-state index contributed by atoms with van der Waals surface area (Å²) in [6, 6.07) is 0.641. The normalized spacial score (nSPS) is 13.9. The standard InChI is InChI=1S/C13H26N4/c1-10(2)13(14)12-8-15-9-17(12)7-6-16(5)11(3)4/h8-11,13H,6-7,14H2,1-5H3. The molecule has 0 aliphatic heterocycles. The third kappa shape index (κ3) is 3.82. The fourth-order valence-corrected chi connectivity index (χ4v) is 1.66. The third-order valence-corrected chi connectivity index (χ3v) is 3.38. The van der Waals surface area contributed by atoms with Gasteiger partial charge in [0.15, 0.2) is 0 Å². The van der Waals surface area contributed by atoms with E-state index in [0.29, 0.717) is 12.0 Å². The molecule has 0 saturated carbocycles. The first-order chi connectivity index (χ1) is 7.93. The van der Waals surface area contributed by atoms with Crippen molar-refractivity contribution in [2.24, 2.45) is 11.7 Å². The Balaban J connectivity index is 2.63. The highest BCUT2D eigenvalue weighted by Gasteiger charge is 2.15. The Labute approximate surface area is 105 Å². The van der Waals surface area contributed by atoms with Crippen LogP contribution >= 0.6 is 0 Å². The molecule has 17 heavy (non-hydrogen) atoms. The largest absolute Gasteiger partial charge is 0.332 e. The van der Waals surface area contributed by atoms with Crippen molar-refractivity contribution in [2.45, 2.75) is 46.3 Å². The molecule has 1 unspecified atom stereocenters. The molecule has 0 radical (unpaired) electrons. The Bertz CT molecular complexity index is 330. The van der Waals surface area contributed by atoms with Gasteiger partial charge in [-0.25, -0.2) is 4.98 Å². The molecule has 0 bridgehead atoms. The zero-order valence-corrected chi connectivity index (χ0v) is 11.7. The van der Waals surface area contributed by atoms with Gasteiger partial charge in [-0.05, 0) is 26.8 Å².